The molecule has 0 fully saturated rings. The number of pyridine rings is 1. The van der Waals surface area contributed by atoms with E-state index < -0.39 is 0 Å². The number of nitrogen functional groups attached to an aromatic ring is 1. The maximum Gasteiger partial charge on any atom is 0.191 e. The summed E-state index contributed by atoms with van der Waals surface area (Å²) in [7, 11) is 1.77. The summed E-state index contributed by atoms with van der Waals surface area (Å²) in [4.78, 5) is 15.0. The average Bonchev–Trinajstić information content (AvgIpc) is 2.75. The van der Waals surface area contributed by atoms with Gasteiger partial charge in [0.05, 0.1) is 11.1 Å². The Hall–Kier alpha value is -2.82. The summed E-state index contributed by atoms with van der Waals surface area (Å²) in [5, 5.41) is 4.42. The van der Waals surface area contributed by atoms with Crippen LogP contribution in [0.25, 0.3) is 22.4 Å². The van der Waals surface area contributed by atoms with E-state index in [0.29, 0.717) is 17.1 Å². The molecule has 0 spiro atoms. The molecular weight excluding hydrogens is 264 g/mol. The topological polar surface area (TPSA) is 76.7 Å². The molecule has 5 nitrogen and oxygen atoms in total. The lowest BCUT2D eigenvalue weighted by Crippen LogP contribution is -2.04. The van der Waals surface area contributed by atoms with Crippen molar-refractivity contribution in [3.05, 3.63) is 58.5 Å². The molecule has 0 saturated heterocycles. The van der Waals surface area contributed by atoms with Crippen molar-refractivity contribution >= 4 is 5.82 Å². The molecule has 21 heavy (non-hydrogen) atoms. The molecule has 1 aromatic carbocycles. The van der Waals surface area contributed by atoms with Crippen LogP contribution in [0, 0.1) is 6.92 Å². The first kappa shape index (κ1) is 13.2. The van der Waals surface area contributed by atoms with Gasteiger partial charge in [-0.05, 0) is 12.5 Å². The number of hydrogen-bond acceptors (Lipinski definition) is 3. The van der Waals surface area contributed by atoms with Gasteiger partial charge in [-0.15, -0.1) is 0 Å². The molecule has 2 heterocycles. The smallest absolute Gasteiger partial charge is 0.191 e. The van der Waals surface area contributed by atoms with Crippen molar-refractivity contribution in [2.45, 2.75) is 6.92 Å². The van der Waals surface area contributed by atoms with Crippen LogP contribution >= 0.6 is 0 Å². The van der Waals surface area contributed by atoms with Crippen molar-refractivity contribution < 1.29 is 0 Å². The first-order chi connectivity index (χ1) is 10.1. The van der Waals surface area contributed by atoms with Gasteiger partial charge in [0.25, 0.3) is 0 Å². The minimum atomic E-state index is -0.0826. The van der Waals surface area contributed by atoms with Gasteiger partial charge in [-0.3, -0.25) is 9.48 Å². The number of benzene rings is 1. The average molecular weight is 280 g/mol. The Labute approximate surface area is 122 Å². The SMILES string of the molecule is Cc1cccc(-c2c(-c3c[nH]ccc3=O)nn(C)c2N)c1. The highest BCUT2D eigenvalue weighted by atomic mass is 16.1. The van der Waals surface area contributed by atoms with E-state index in [1.165, 1.54) is 6.07 Å². The number of H-pyrrole nitrogens is 1. The minimum Gasteiger partial charge on any atom is -0.383 e. The lowest BCUT2D eigenvalue weighted by molar-refractivity contribution is 0.782. The highest BCUT2D eigenvalue weighted by Gasteiger charge is 2.19. The van der Waals surface area contributed by atoms with E-state index >= 15 is 0 Å². The highest BCUT2D eigenvalue weighted by Crippen LogP contribution is 2.34. The Bertz CT molecular complexity index is 861. The van der Waals surface area contributed by atoms with E-state index in [9.17, 15) is 4.79 Å². The van der Waals surface area contributed by atoms with Gasteiger partial charge in [0.2, 0.25) is 0 Å². The van der Waals surface area contributed by atoms with Crippen molar-refractivity contribution in [3.63, 3.8) is 0 Å². The third-order valence-electron chi connectivity index (χ3n) is 3.48. The van der Waals surface area contributed by atoms with Gasteiger partial charge in [0.15, 0.2) is 5.43 Å². The molecule has 3 rings (SSSR count). The van der Waals surface area contributed by atoms with Crippen molar-refractivity contribution in [2.75, 3.05) is 5.73 Å². The lowest BCUT2D eigenvalue weighted by Gasteiger charge is -2.05. The molecule has 3 N–H and O–H groups in total. The Balaban J connectivity index is 2.31. The third-order valence-corrected chi connectivity index (χ3v) is 3.48. The van der Waals surface area contributed by atoms with Crippen LogP contribution in [-0.2, 0) is 7.05 Å². The second kappa shape index (κ2) is 4.94. The zero-order chi connectivity index (χ0) is 15.0. The number of aromatic amines is 1. The van der Waals surface area contributed by atoms with Crippen LogP contribution in [0.5, 0.6) is 0 Å². The van der Waals surface area contributed by atoms with E-state index in [4.69, 9.17) is 5.73 Å². The summed E-state index contributed by atoms with van der Waals surface area (Å²) in [6, 6.07) is 9.48. The monoisotopic (exact) mass is 280 g/mol. The van der Waals surface area contributed by atoms with Gasteiger partial charge in [-0.1, -0.05) is 29.8 Å². The number of aryl methyl sites for hydroxylation is 2. The fourth-order valence-electron chi connectivity index (χ4n) is 2.41. The lowest BCUT2D eigenvalue weighted by atomic mass is 10.00. The first-order valence-electron chi connectivity index (χ1n) is 6.65. The standard InChI is InChI=1S/C16H16N4O/c1-10-4-3-5-11(8-10)14-15(19-20(2)16(14)17)12-9-18-7-6-13(12)21/h3-9H,17H2,1-2H3,(H,18,21). The molecule has 0 aliphatic heterocycles. The predicted molar refractivity (Wildman–Crippen MR) is 83.9 cm³/mol. The predicted octanol–water partition coefficient (Wildman–Crippen LogP) is 2.33. The van der Waals surface area contributed by atoms with E-state index in [1.54, 1.807) is 24.1 Å². The molecule has 2 aromatic heterocycles. The maximum atomic E-state index is 12.1. The van der Waals surface area contributed by atoms with Gasteiger partial charge in [0.1, 0.15) is 11.5 Å². The number of nitrogens with two attached hydrogens (primary N) is 1. The molecule has 5 heteroatoms. The summed E-state index contributed by atoms with van der Waals surface area (Å²) in [6.45, 7) is 2.02. The van der Waals surface area contributed by atoms with Crippen LogP contribution in [0.1, 0.15) is 5.56 Å². The zero-order valence-electron chi connectivity index (χ0n) is 11.9. The Morgan fingerprint density at radius 1 is 1.29 bits per heavy atom. The Kier molecular flexibility index (Phi) is 3.10. The van der Waals surface area contributed by atoms with Crippen LogP contribution in [0.3, 0.4) is 0 Å². The fraction of sp³-hybridized carbons (Fsp3) is 0.125. The molecule has 0 radical (unpaired) electrons. The van der Waals surface area contributed by atoms with Crippen molar-refractivity contribution in [1.82, 2.24) is 14.8 Å². The normalized spacial score (nSPS) is 10.8. The molecule has 0 atom stereocenters. The Morgan fingerprint density at radius 2 is 2.10 bits per heavy atom. The largest absolute Gasteiger partial charge is 0.383 e. The number of anilines is 1. The van der Waals surface area contributed by atoms with Gasteiger partial charge in [-0.25, -0.2) is 0 Å². The summed E-state index contributed by atoms with van der Waals surface area (Å²) in [5.41, 5.74) is 10.1. The number of aromatic nitrogens is 3. The molecule has 0 saturated carbocycles. The quantitative estimate of drug-likeness (QED) is 0.756. The van der Waals surface area contributed by atoms with E-state index in [2.05, 4.69) is 10.1 Å². The molecule has 0 aliphatic rings. The summed E-state index contributed by atoms with van der Waals surface area (Å²) in [5.74, 6) is 0.541. The second-order valence-electron chi connectivity index (χ2n) is 5.02. The third kappa shape index (κ3) is 2.23. The molecule has 3 aromatic rings. The summed E-state index contributed by atoms with van der Waals surface area (Å²) in [6.07, 6.45) is 3.26. The van der Waals surface area contributed by atoms with Crippen LogP contribution in [0.15, 0.2) is 47.5 Å². The van der Waals surface area contributed by atoms with Crippen molar-refractivity contribution in [3.8, 4) is 22.4 Å². The van der Waals surface area contributed by atoms with Gasteiger partial charge >= 0.3 is 0 Å². The van der Waals surface area contributed by atoms with Crippen molar-refractivity contribution in [1.29, 1.82) is 0 Å². The maximum absolute atomic E-state index is 12.1. The fourth-order valence-corrected chi connectivity index (χ4v) is 2.41. The van der Waals surface area contributed by atoms with Crippen LogP contribution in [0.2, 0.25) is 0 Å². The highest BCUT2D eigenvalue weighted by molar-refractivity contribution is 5.88. The Morgan fingerprint density at radius 3 is 2.81 bits per heavy atom. The minimum absolute atomic E-state index is 0.0826. The van der Waals surface area contributed by atoms with E-state index in [-0.39, 0.29) is 5.43 Å². The van der Waals surface area contributed by atoms with E-state index in [0.717, 1.165) is 16.7 Å². The van der Waals surface area contributed by atoms with E-state index in [1.807, 2.05) is 31.2 Å². The van der Waals surface area contributed by atoms with Crippen LogP contribution in [-0.4, -0.2) is 14.8 Å². The van der Waals surface area contributed by atoms with Gasteiger partial charge in [-0.2, -0.15) is 5.10 Å². The molecule has 0 unspecified atom stereocenters. The summed E-state index contributed by atoms with van der Waals surface area (Å²) < 4.78 is 1.60. The van der Waals surface area contributed by atoms with Gasteiger partial charge < -0.3 is 10.7 Å². The van der Waals surface area contributed by atoms with Crippen LogP contribution < -0.4 is 11.2 Å². The number of nitrogens with zero attached hydrogens (tertiary/aromatic N) is 2. The molecule has 0 amide bonds. The molecular formula is C16H16N4O. The summed E-state index contributed by atoms with van der Waals surface area (Å²) >= 11 is 0. The molecule has 0 aliphatic carbocycles. The number of nitrogens with one attached hydrogen (secondary N) is 1. The van der Waals surface area contributed by atoms with Crippen molar-refractivity contribution in [2.24, 2.45) is 7.05 Å². The van der Waals surface area contributed by atoms with Gasteiger partial charge in [0, 0.05) is 25.5 Å². The molecule has 0 bridgehead atoms. The zero-order valence-corrected chi connectivity index (χ0v) is 11.9. The first-order valence-corrected chi connectivity index (χ1v) is 6.65. The number of hydrogen-bond donors (Lipinski definition) is 2. The molecule has 106 valence electrons. The number of rotatable bonds is 2. The van der Waals surface area contributed by atoms with Crippen LogP contribution in [0.4, 0.5) is 5.82 Å². The second-order valence-corrected chi connectivity index (χ2v) is 5.02.